The van der Waals surface area contributed by atoms with Crippen molar-refractivity contribution in [3.63, 3.8) is 0 Å². The lowest BCUT2D eigenvalue weighted by Crippen LogP contribution is -2.26. The monoisotopic (exact) mass is 756 g/mol. The second-order valence-corrected chi connectivity index (χ2v) is 18.6. The Morgan fingerprint density at radius 2 is 0.704 bits per heavy atom. The van der Waals surface area contributed by atoms with Crippen molar-refractivity contribution >= 4 is 47.7 Å². The highest BCUT2D eigenvalue weighted by atomic mass is 31.1. The predicted molar refractivity (Wildman–Crippen MR) is 229 cm³/mol. The SMILES string of the molecule is COc1cc(P(c2cc(C)cc(C)c2)c2cc(C)cc(C)c2)c(-c2cc(P(c3cc(C)cc(C)c3)c3cc(C)cc(C)c3)c(OC)nc2OC)c(OC)n1. The number of pyridine rings is 2. The van der Waals surface area contributed by atoms with Gasteiger partial charge in [0.25, 0.3) is 0 Å². The van der Waals surface area contributed by atoms with Gasteiger partial charge in [0.1, 0.15) is 0 Å². The lowest BCUT2D eigenvalue weighted by Gasteiger charge is -2.27. The molecular weight excluding hydrogens is 706 g/mol. The number of benzene rings is 4. The van der Waals surface area contributed by atoms with Gasteiger partial charge in [0, 0.05) is 16.7 Å². The summed E-state index contributed by atoms with van der Waals surface area (Å²) in [6, 6.07) is 31.5. The molecule has 0 radical (unpaired) electrons. The summed E-state index contributed by atoms with van der Waals surface area (Å²) in [5.41, 5.74) is 11.2. The fourth-order valence-electron chi connectivity index (χ4n) is 7.46. The first-order chi connectivity index (χ1) is 25.8. The third kappa shape index (κ3) is 8.16. The lowest BCUT2D eigenvalue weighted by molar-refractivity contribution is 0.363. The molecule has 0 N–H and O–H groups in total. The van der Waals surface area contributed by atoms with Crippen LogP contribution in [0.3, 0.4) is 0 Å². The molecule has 0 spiro atoms. The zero-order valence-corrected chi connectivity index (χ0v) is 35.3. The summed E-state index contributed by atoms with van der Waals surface area (Å²) in [6.07, 6.45) is 0. The van der Waals surface area contributed by atoms with Crippen molar-refractivity contribution in [2.45, 2.75) is 55.4 Å². The summed E-state index contributed by atoms with van der Waals surface area (Å²) < 4.78 is 24.4. The highest BCUT2D eigenvalue weighted by molar-refractivity contribution is 7.80. The minimum absolute atomic E-state index is 0.425. The van der Waals surface area contributed by atoms with E-state index >= 15 is 0 Å². The van der Waals surface area contributed by atoms with Gasteiger partial charge >= 0.3 is 0 Å². The van der Waals surface area contributed by atoms with Gasteiger partial charge in [0.05, 0.1) is 39.6 Å². The van der Waals surface area contributed by atoms with Crippen LogP contribution in [-0.4, -0.2) is 38.4 Å². The van der Waals surface area contributed by atoms with Crippen LogP contribution in [0.15, 0.2) is 84.9 Å². The average molecular weight is 757 g/mol. The highest BCUT2D eigenvalue weighted by Gasteiger charge is 2.31. The topological polar surface area (TPSA) is 62.7 Å². The lowest BCUT2D eigenvalue weighted by atomic mass is 10.1. The third-order valence-electron chi connectivity index (χ3n) is 9.27. The quantitative estimate of drug-likeness (QED) is 0.125. The standard InChI is InChI=1S/C46H50N2O4P2/c1-27-13-28(2)18-35(17-27)53(36-19-29(3)14-30(4)20-36)40-26-42(49-9)47-46(52-12)43(40)39-25-41(45(51-11)48-44(39)50-10)54(37-21-31(5)15-32(6)22-37)38-23-33(7)16-34(8)24-38/h13-26H,1-12H3. The van der Waals surface area contributed by atoms with Crippen molar-refractivity contribution in [1.82, 2.24) is 9.97 Å². The molecule has 0 aliphatic rings. The summed E-state index contributed by atoms with van der Waals surface area (Å²) in [5.74, 6) is 1.85. The summed E-state index contributed by atoms with van der Waals surface area (Å²) in [6.45, 7) is 17.3. The van der Waals surface area contributed by atoms with Crippen LogP contribution in [0.5, 0.6) is 23.5 Å². The number of rotatable bonds is 11. The van der Waals surface area contributed by atoms with Crippen molar-refractivity contribution in [3.05, 3.63) is 129 Å². The molecule has 0 saturated heterocycles. The summed E-state index contributed by atoms with van der Waals surface area (Å²) in [5, 5.41) is 6.88. The van der Waals surface area contributed by atoms with E-state index in [9.17, 15) is 0 Å². The smallest absolute Gasteiger partial charge is 0.225 e. The van der Waals surface area contributed by atoms with Crippen molar-refractivity contribution in [2.75, 3.05) is 28.4 Å². The van der Waals surface area contributed by atoms with Gasteiger partial charge in [-0.15, -0.1) is 0 Å². The van der Waals surface area contributed by atoms with Gasteiger partial charge in [-0.25, -0.2) is 0 Å². The minimum Gasteiger partial charge on any atom is -0.481 e. The first kappa shape index (κ1) is 38.9. The van der Waals surface area contributed by atoms with Crippen LogP contribution in [0.1, 0.15) is 44.5 Å². The van der Waals surface area contributed by atoms with Crippen LogP contribution in [0, 0.1) is 55.4 Å². The molecule has 0 aliphatic carbocycles. The van der Waals surface area contributed by atoms with Gasteiger partial charge in [-0.3, -0.25) is 0 Å². The number of ether oxygens (including phenoxy) is 4. The van der Waals surface area contributed by atoms with Crippen LogP contribution in [0.2, 0.25) is 0 Å². The molecule has 0 aliphatic heterocycles. The molecule has 0 amide bonds. The summed E-state index contributed by atoms with van der Waals surface area (Å²) >= 11 is 0. The molecule has 0 saturated carbocycles. The van der Waals surface area contributed by atoms with E-state index in [1.807, 2.05) is 0 Å². The summed E-state index contributed by atoms with van der Waals surface area (Å²) in [7, 11) is 4.34. The van der Waals surface area contributed by atoms with Gasteiger partial charge in [-0.2, -0.15) is 9.97 Å². The molecule has 8 heteroatoms. The molecule has 0 atom stereocenters. The van der Waals surface area contributed by atoms with E-state index in [0.29, 0.717) is 23.5 Å². The molecule has 0 bridgehead atoms. The fraction of sp³-hybridized carbons (Fsp3) is 0.261. The second-order valence-electron chi connectivity index (χ2n) is 14.2. The average Bonchev–Trinajstić information content (AvgIpc) is 3.09. The van der Waals surface area contributed by atoms with E-state index in [-0.39, 0.29) is 0 Å². The predicted octanol–water partition coefficient (Wildman–Crippen LogP) is 8.16. The Hall–Kier alpha value is -4.76. The normalized spacial score (nSPS) is 11.3. The Morgan fingerprint density at radius 1 is 0.352 bits per heavy atom. The van der Waals surface area contributed by atoms with Crippen LogP contribution in [0.4, 0.5) is 0 Å². The number of aryl methyl sites for hydroxylation is 8. The van der Waals surface area contributed by atoms with Crippen molar-refractivity contribution in [2.24, 2.45) is 0 Å². The Kier molecular flexibility index (Phi) is 11.8. The second kappa shape index (κ2) is 16.3. The molecule has 54 heavy (non-hydrogen) atoms. The molecule has 2 heterocycles. The maximum atomic E-state index is 6.20. The Morgan fingerprint density at radius 3 is 1.04 bits per heavy atom. The van der Waals surface area contributed by atoms with E-state index in [0.717, 1.165) is 21.7 Å². The van der Waals surface area contributed by atoms with Crippen molar-refractivity contribution in [1.29, 1.82) is 0 Å². The minimum atomic E-state index is -1.17. The number of hydrogen-bond acceptors (Lipinski definition) is 6. The van der Waals surface area contributed by atoms with Gasteiger partial charge in [-0.1, -0.05) is 117 Å². The van der Waals surface area contributed by atoms with Gasteiger partial charge in [0.2, 0.25) is 23.5 Å². The molecule has 6 rings (SSSR count). The number of hydrogen-bond donors (Lipinski definition) is 0. The zero-order chi connectivity index (χ0) is 38.8. The Labute approximate surface area is 323 Å². The number of aromatic nitrogens is 2. The van der Waals surface area contributed by atoms with Crippen LogP contribution in [0.25, 0.3) is 11.1 Å². The maximum absolute atomic E-state index is 6.20. The van der Waals surface area contributed by atoms with Crippen LogP contribution < -0.4 is 50.8 Å². The maximum Gasteiger partial charge on any atom is 0.225 e. The molecule has 6 nitrogen and oxygen atoms in total. The summed E-state index contributed by atoms with van der Waals surface area (Å²) in [4.78, 5) is 10.0. The highest BCUT2D eigenvalue weighted by Crippen LogP contribution is 2.46. The number of methoxy groups -OCH3 is 4. The molecule has 4 aromatic carbocycles. The molecule has 0 fully saturated rings. The van der Waals surface area contributed by atoms with Crippen LogP contribution in [-0.2, 0) is 0 Å². The van der Waals surface area contributed by atoms with Gasteiger partial charge in [0.15, 0.2) is 0 Å². The number of nitrogens with zero attached hydrogens (tertiary/aromatic N) is 2. The van der Waals surface area contributed by atoms with E-state index in [1.54, 1.807) is 28.4 Å². The van der Waals surface area contributed by atoms with Crippen LogP contribution >= 0.6 is 15.8 Å². The van der Waals surface area contributed by atoms with E-state index in [1.165, 1.54) is 65.7 Å². The zero-order valence-electron chi connectivity index (χ0n) is 33.5. The van der Waals surface area contributed by atoms with E-state index < -0.39 is 15.8 Å². The third-order valence-corrected chi connectivity index (χ3v) is 14.0. The van der Waals surface area contributed by atoms with Crippen molar-refractivity contribution < 1.29 is 18.9 Å². The molecule has 0 unspecified atom stereocenters. The van der Waals surface area contributed by atoms with Gasteiger partial charge in [-0.05, 0) is 98.5 Å². The molecule has 6 aromatic rings. The first-order valence-electron chi connectivity index (χ1n) is 18.0. The fourth-order valence-corrected chi connectivity index (χ4v) is 13.1. The Balaban J connectivity index is 1.76. The van der Waals surface area contributed by atoms with E-state index in [2.05, 4.69) is 140 Å². The van der Waals surface area contributed by atoms with Crippen molar-refractivity contribution in [3.8, 4) is 34.6 Å². The molecule has 278 valence electrons. The van der Waals surface area contributed by atoms with E-state index in [4.69, 9.17) is 28.9 Å². The molecular formula is C46H50N2O4P2. The van der Waals surface area contributed by atoms with Gasteiger partial charge < -0.3 is 18.9 Å². The molecule has 2 aromatic heterocycles. The first-order valence-corrected chi connectivity index (χ1v) is 20.7. The largest absolute Gasteiger partial charge is 0.481 e. The Bertz CT molecular complexity index is 2170.